The molecular formula is C24H18N4O2S2. The summed E-state index contributed by atoms with van der Waals surface area (Å²) in [6, 6.07) is 13.7. The number of anilines is 1. The maximum atomic E-state index is 13.1. The molecule has 2 aliphatic carbocycles. The summed E-state index contributed by atoms with van der Waals surface area (Å²) >= 11 is 3.22. The number of amides is 2. The molecule has 0 radical (unpaired) electrons. The third kappa shape index (κ3) is 2.66. The van der Waals surface area contributed by atoms with E-state index in [0.29, 0.717) is 11.4 Å². The number of thiazole rings is 1. The van der Waals surface area contributed by atoms with Crippen molar-refractivity contribution in [2.24, 2.45) is 23.7 Å². The first-order valence-corrected chi connectivity index (χ1v) is 12.5. The number of rotatable bonds is 4. The van der Waals surface area contributed by atoms with Crippen LogP contribution in [0.1, 0.15) is 12.2 Å². The quantitative estimate of drug-likeness (QED) is 0.271. The molecule has 1 aliphatic heterocycles. The Hall–Kier alpha value is -2.97. The number of para-hydroxylation sites is 2. The molecule has 2 bridgehead atoms. The second-order valence-corrected chi connectivity index (χ2v) is 10.9. The first-order valence-electron chi connectivity index (χ1n) is 10.7. The first-order chi connectivity index (χ1) is 15.7. The topological polar surface area (TPSA) is 79.0 Å². The van der Waals surface area contributed by atoms with E-state index in [2.05, 4.69) is 22.1 Å². The van der Waals surface area contributed by atoms with E-state index in [1.54, 1.807) is 23.1 Å². The van der Waals surface area contributed by atoms with Gasteiger partial charge in [0.15, 0.2) is 4.34 Å². The van der Waals surface area contributed by atoms with Crippen molar-refractivity contribution < 1.29 is 9.59 Å². The van der Waals surface area contributed by atoms with Gasteiger partial charge in [-0.2, -0.15) is 0 Å². The van der Waals surface area contributed by atoms with Crippen LogP contribution in [0.4, 0.5) is 5.69 Å². The van der Waals surface area contributed by atoms with Gasteiger partial charge in [-0.1, -0.05) is 36.0 Å². The second kappa shape index (κ2) is 6.76. The van der Waals surface area contributed by atoms with Gasteiger partial charge in [-0.05, 0) is 48.6 Å². The van der Waals surface area contributed by atoms with Gasteiger partial charge in [-0.3, -0.25) is 9.59 Å². The van der Waals surface area contributed by atoms with Crippen molar-refractivity contribution >= 4 is 61.9 Å². The lowest BCUT2D eigenvalue weighted by molar-refractivity contribution is -0.123. The number of allylic oxidation sites excluding steroid dienone is 2. The number of H-pyrrole nitrogens is 1. The fraction of sp³-hybridized carbons (Fsp3) is 0.250. The van der Waals surface area contributed by atoms with E-state index < -0.39 is 0 Å². The minimum atomic E-state index is -0.176. The van der Waals surface area contributed by atoms with Crippen molar-refractivity contribution in [2.45, 2.75) is 16.5 Å². The summed E-state index contributed by atoms with van der Waals surface area (Å²) in [6.07, 6.45) is 5.19. The summed E-state index contributed by atoms with van der Waals surface area (Å²) in [6.45, 7) is 0. The Balaban J connectivity index is 1.14. The average Bonchev–Trinajstić information content (AvgIpc) is 3.60. The molecule has 158 valence electrons. The number of imidazole rings is 1. The number of carbonyl (C=O) groups excluding carboxylic acids is 2. The van der Waals surface area contributed by atoms with Crippen molar-refractivity contribution in [2.75, 3.05) is 4.90 Å². The third-order valence-electron chi connectivity index (χ3n) is 6.85. The Bertz CT molecular complexity index is 1390. The van der Waals surface area contributed by atoms with Crippen LogP contribution in [0.2, 0.25) is 0 Å². The summed E-state index contributed by atoms with van der Waals surface area (Å²) in [4.78, 5) is 40.3. The van der Waals surface area contributed by atoms with E-state index in [1.807, 2.05) is 42.5 Å². The van der Waals surface area contributed by atoms with Crippen molar-refractivity contribution in [3.05, 3.63) is 60.4 Å². The van der Waals surface area contributed by atoms with Gasteiger partial charge < -0.3 is 4.98 Å². The molecule has 6 nitrogen and oxygen atoms in total. The number of hydrogen-bond donors (Lipinski definition) is 1. The van der Waals surface area contributed by atoms with Crippen LogP contribution in [0.5, 0.6) is 0 Å². The molecule has 3 aliphatic rings. The molecule has 4 atom stereocenters. The van der Waals surface area contributed by atoms with Gasteiger partial charge in [0, 0.05) is 0 Å². The van der Waals surface area contributed by atoms with E-state index >= 15 is 0 Å². The number of nitrogens with one attached hydrogen (secondary N) is 1. The number of aromatic nitrogens is 3. The molecule has 2 aromatic carbocycles. The number of imide groups is 1. The van der Waals surface area contributed by atoms with Gasteiger partial charge in [0.05, 0.1) is 44.5 Å². The van der Waals surface area contributed by atoms with E-state index in [4.69, 9.17) is 4.98 Å². The Morgan fingerprint density at radius 2 is 1.78 bits per heavy atom. The summed E-state index contributed by atoms with van der Waals surface area (Å²) < 4.78 is 1.92. The molecule has 1 saturated carbocycles. The Kier molecular flexibility index (Phi) is 3.93. The molecule has 8 heteroatoms. The minimum Gasteiger partial charge on any atom is -0.341 e. The van der Waals surface area contributed by atoms with Crippen LogP contribution in [-0.4, -0.2) is 26.8 Å². The van der Waals surface area contributed by atoms with E-state index in [9.17, 15) is 9.59 Å². The van der Waals surface area contributed by atoms with Gasteiger partial charge >= 0.3 is 0 Å². The molecule has 3 heterocycles. The average molecular weight is 459 g/mol. The molecule has 32 heavy (non-hydrogen) atoms. The summed E-state index contributed by atoms with van der Waals surface area (Å²) in [5, 5.41) is 0. The Labute approximate surface area is 191 Å². The lowest BCUT2D eigenvalue weighted by Crippen LogP contribution is -2.32. The first kappa shape index (κ1) is 18.6. The van der Waals surface area contributed by atoms with Crippen molar-refractivity contribution in [1.29, 1.82) is 0 Å². The van der Waals surface area contributed by atoms with Gasteiger partial charge in [-0.25, -0.2) is 14.9 Å². The lowest BCUT2D eigenvalue weighted by atomic mass is 9.85. The van der Waals surface area contributed by atoms with Crippen molar-refractivity contribution in [3.8, 4) is 0 Å². The van der Waals surface area contributed by atoms with Crippen LogP contribution in [0.15, 0.2) is 59.0 Å². The second-order valence-electron chi connectivity index (χ2n) is 8.63. The maximum Gasteiger partial charge on any atom is 0.238 e. The summed E-state index contributed by atoms with van der Waals surface area (Å²) in [5.74, 6) is 1.62. The van der Waals surface area contributed by atoms with Crippen LogP contribution >= 0.6 is 23.1 Å². The third-order valence-corrected chi connectivity index (χ3v) is 9.02. The highest BCUT2D eigenvalue weighted by Crippen LogP contribution is 2.53. The molecule has 1 saturated heterocycles. The van der Waals surface area contributed by atoms with Crippen molar-refractivity contribution in [3.63, 3.8) is 0 Å². The maximum absolute atomic E-state index is 13.1. The lowest BCUT2D eigenvalue weighted by Gasteiger charge is -2.17. The van der Waals surface area contributed by atoms with Gasteiger partial charge in [0.1, 0.15) is 5.82 Å². The zero-order valence-corrected chi connectivity index (χ0v) is 18.5. The smallest absolute Gasteiger partial charge is 0.238 e. The van der Waals surface area contributed by atoms with Crippen LogP contribution in [0.3, 0.4) is 0 Å². The zero-order chi connectivity index (χ0) is 21.4. The van der Waals surface area contributed by atoms with Crippen LogP contribution in [-0.2, 0) is 15.3 Å². The normalized spacial score (nSPS) is 26.2. The molecular weight excluding hydrogens is 440 g/mol. The number of aromatic amines is 1. The molecule has 2 amide bonds. The summed E-state index contributed by atoms with van der Waals surface area (Å²) in [5.41, 5.74) is 3.54. The Morgan fingerprint density at radius 3 is 2.56 bits per heavy atom. The highest BCUT2D eigenvalue weighted by molar-refractivity contribution is 8.00. The molecule has 7 rings (SSSR count). The summed E-state index contributed by atoms with van der Waals surface area (Å²) in [7, 11) is 0. The SMILES string of the molecule is O=C1[C@H]2[C@H](C(=O)N1c1ccc3nc(SCc4nc5ccccc5[nH]4)sc3c1)[C@H]1C=C[C@H]2C1. The highest BCUT2D eigenvalue weighted by atomic mass is 32.2. The van der Waals surface area contributed by atoms with Gasteiger partial charge in [-0.15, -0.1) is 11.3 Å². The number of benzene rings is 2. The van der Waals surface area contributed by atoms with Gasteiger partial charge in [0.25, 0.3) is 0 Å². The van der Waals surface area contributed by atoms with E-state index in [0.717, 1.165) is 37.8 Å². The standard InChI is InChI=1S/C24H18N4O2S2/c29-22-20-12-5-6-13(9-12)21(20)23(30)28(22)14-7-8-17-18(10-14)32-24(27-17)31-11-19-25-15-3-1-2-4-16(15)26-19/h1-8,10,12-13,20-21H,9,11H2,(H,25,26)/t12-,13-,20+,21+/m0/s1. The minimum absolute atomic E-state index is 0.0415. The molecule has 1 N–H and O–H groups in total. The van der Waals surface area contributed by atoms with E-state index in [-0.39, 0.29) is 35.5 Å². The number of thioether (sulfide) groups is 1. The van der Waals surface area contributed by atoms with Gasteiger partial charge in [0.2, 0.25) is 11.8 Å². The van der Waals surface area contributed by atoms with Crippen molar-refractivity contribution in [1.82, 2.24) is 15.0 Å². The fourth-order valence-electron chi connectivity index (χ4n) is 5.45. The molecule has 4 aromatic rings. The molecule has 0 spiro atoms. The molecule has 0 unspecified atom stereocenters. The Morgan fingerprint density at radius 1 is 1.00 bits per heavy atom. The number of nitrogens with zero attached hydrogens (tertiary/aromatic N) is 3. The predicted octanol–water partition coefficient (Wildman–Crippen LogP) is 4.78. The highest BCUT2D eigenvalue weighted by Gasteiger charge is 2.59. The number of carbonyl (C=O) groups is 2. The molecule has 2 fully saturated rings. The van der Waals surface area contributed by atoms with Crippen LogP contribution in [0, 0.1) is 23.7 Å². The number of fused-ring (bicyclic) bond motifs is 7. The van der Waals surface area contributed by atoms with E-state index in [1.165, 1.54) is 4.90 Å². The van der Waals surface area contributed by atoms with Crippen LogP contribution in [0.25, 0.3) is 21.3 Å². The zero-order valence-electron chi connectivity index (χ0n) is 16.9. The number of hydrogen-bond acceptors (Lipinski definition) is 6. The predicted molar refractivity (Wildman–Crippen MR) is 125 cm³/mol. The monoisotopic (exact) mass is 458 g/mol. The molecule has 2 aromatic heterocycles. The largest absolute Gasteiger partial charge is 0.341 e. The fourth-order valence-corrected chi connectivity index (χ4v) is 7.43. The van der Waals surface area contributed by atoms with Crippen LogP contribution < -0.4 is 4.90 Å².